The van der Waals surface area contributed by atoms with Crippen molar-refractivity contribution >= 4 is 11.5 Å². The molecule has 0 saturated heterocycles. The van der Waals surface area contributed by atoms with E-state index in [1.165, 1.54) is 24.8 Å². The van der Waals surface area contributed by atoms with Crippen LogP contribution in [0, 0.1) is 0 Å². The quantitative estimate of drug-likeness (QED) is 0.666. The molecule has 0 amide bonds. The minimum absolute atomic E-state index is 0.0785. The number of nitrogens with two attached hydrogens (primary N) is 1. The molecule has 0 spiro atoms. The summed E-state index contributed by atoms with van der Waals surface area (Å²) in [5.41, 5.74) is 9.09. The molecule has 1 saturated carbocycles. The second-order valence-corrected chi connectivity index (χ2v) is 5.17. The van der Waals surface area contributed by atoms with E-state index in [2.05, 4.69) is 6.07 Å². The number of ketones is 1. The Kier molecular flexibility index (Phi) is 3.08. The van der Waals surface area contributed by atoms with Crippen LogP contribution in [0.3, 0.4) is 0 Å². The average Bonchev–Trinajstić information content (AvgIpc) is 2.37. The zero-order valence-electron chi connectivity index (χ0n) is 10.8. The first kappa shape index (κ1) is 12.0. The van der Waals surface area contributed by atoms with Gasteiger partial charge >= 0.3 is 0 Å². The first-order valence-electron chi connectivity index (χ1n) is 6.75. The van der Waals surface area contributed by atoms with Crippen molar-refractivity contribution in [2.75, 3.05) is 5.73 Å². The number of carbonyl (C=O) groups is 1. The largest absolute Gasteiger partial charge is 0.399 e. The van der Waals surface area contributed by atoms with Gasteiger partial charge in [-0.25, -0.2) is 0 Å². The summed E-state index contributed by atoms with van der Waals surface area (Å²) in [6, 6.07) is 15.2. The topological polar surface area (TPSA) is 43.1 Å². The van der Waals surface area contributed by atoms with Gasteiger partial charge in [-0.2, -0.15) is 0 Å². The van der Waals surface area contributed by atoms with Gasteiger partial charge in [0, 0.05) is 16.8 Å². The van der Waals surface area contributed by atoms with Crippen LogP contribution >= 0.6 is 0 Å². The fourth-order valence-electron chi connectivity index (χ4n) is 2.61. The average molecular weight is 251 g/mol. The van der Waals surface area contributed by atoms with Crippen LogP contribution in [0.5, 0.6) is 0 Å². The van der Waals surface area contributed by atoms with Crippen molar-refractivity contribution in [2.45, 2.75) is 25.2 Å². The zero-order chi connectivity index (χ0) is 13.2. The molecule has 19 heavy (non-hydrogen) atoms. The van der Waals surface area contributed by atoms with Crippen molar-refractivity contribution < 1.29 is 4.79 Å². The Hall–Kier alpha value is -2.09. The molecule has 0 heterocycles. The number of benzene rings is 2. The Bertz CT molecular complexity index is 614. The molecule has 0 bridgehead atoms. The Morgan fingerprint density at radius 2 is 1.84 bits per heavy atom. The number of nitrogen functional groups attached to an aromatic ring is 1. The molecular weight excluding hydrogens is 234 g/mol. The highest BCUT2D eigenvalue weighted by atomic mass is 16.1. The van der Waals surface area contributed by atoms with E-state index in [1.54, 1.807) is 12.1 Å². The molecular formula is C17H17NO. The maximum Gasteiger partial charge on any atom is 0.193 e. The van der Waals surface area contributed by atoms with Gasteiger partial charge in [0.1, 0.15) is 0 Å². The molecule has 2 heteroatoms. The van der Waals surface area contributed by atoms with E-state index in [4.69, 9.17) is 5.73 Å². The van der Waals surface area contributed by atoms with E-state index in [1.807, 2.05) is 30.3 Å². The van der Waals surface area contributed by atoms with Crippen molar-refractivity contribution in [2.24, 2.45) is 0 Å². The van der Waals surface area contributed by atoms with Gasteiger partial charge in [-0.3, -0.25) is 4.79 Å². The first-order valence-corrected chi connectivity index (χ1v) is 6.75. The van der Waals surface area contributed by atoms with Crippen molar-refractivity contribution in [3.8, 4) is 0 Å². The lowest BCUT2D eigenvalue weighted by Crippen LogP contribution is -2.14. The first-order chi connectivity index (χ1) is 9.25. The molecule has 2 aromatic rings. The summed E-state index contributed by atoms with van der Waals surface area (Å²) in [5.74, 6) is 0.635. The summed E-state index contributed by atoms with van der Waals surface area (Å²) < 4.78 is 0. The third-order valence-electron chi connectivity index (χ3n) is 3.90. The van der Waals surface area contributed by atoms with E-state index >= 15 is 0 Å². The number of carbonyl (C=O) groups excluding carboxylic acids is 1. The summed E-state index contributed by atoms with van der Waals surface area (Å²) in [7, 11) is 0. The molecule has 0 aliphatic heterocycles. The Labute approximate surface area is 113 Å². The summed E-state index contributed by atoms with van der Waals surface area (Å²) >= 11 is 0. The van der Waals surface area contributed by atoms with Crippen LogP contribution in [0.1, 0.15) is 46.7 Å². The second-order valence-electron chi connectivity index (χ2n) is 5.17. The molecule has 96 valence electrons. The maximum absolute atomic E-state index is 12.6. The van der Waals surface area contributed by atoms with Crippen molar-refractivity contribution in [1.29, 1.82) is 0 Å². The number of anilines is 1. The number of hydrogen-bond acceptors (Lipinski definition) is 2. The van der Waals surface area contributed by atoms with E-state index in [0.29, 0.717) is 17.2 Å². The molecule has 3 rings (SSSR count). The Balaban J connectivity index is 1.99. The highest BCUT2D eigenvalue weighted by molar-refractivity contribution is 6.10. The standard InChI is InChI=1S/C17H17NO/c18-14-8-4-7-13(11-14)17(19)16-10-2-1-9-15(16)12-5-3-6-12/h1-2,4,7-12H,3,5-6,18H2. The van der Waals surface area contributed by atoms with Gasteiger partial charge in [0.25, 0.3) is 0 Å². The monoisotopic (exact) mass is 251 g/mol. The predicted molar refractivity (Wildman–Crippen MR) is 77.3 cm³/mol. The fraction of sp³-hybridized carbons (Fsp3) is 0.235. The lowest BCUT2D eigenvalue weighted by Gasteiger charge is -2.27. The van der Waals surface area contributed by atoms with Gasteiger partial charge in [0.15, 0.2) is 5.78 Å². The highest BCUT2D eigenvalue weighted by Gasteiger charge is 2.24. The smallest absolute Gasteiger partial charge is 0.193 e. The predicted octanol–water partition coefficient (Wildman–Crippen LogP) is 3.77. The van der Waals surface area contributed by atoms with Crippen LogP contribution in [-0.4, -0.2) is 5.78 Å². The van der Waals surface area contributed by atoms with Crippen LogP contribution in [0.25, 0.3) is 0 Å². The van der Waals surface area contributed by atoms with Crippen LogP contribution in [0.2, 0.25) is 0 Å². The van der Waals surface area contributed by atoms with Gasteiger partial charge < -0.3 is 5.73 Å². The molecule has 1 aliphatic carbocycles. The molecule has 0 aromatic heterocycles. The van der Waals surface area contributed by atoms with Gasteiger partial charge in [-0.05, 0) is 36.5 Å². The van der Waals surface area contributed by atoms with Crippen LogP contribution < -0.4 is 5.73 Å². The summed E-state index contributed by atoms with van der Waals surface area (Å²) in [5, 5.41) is 0. The molecule has 0 radical (unpaired) electrons. The van der Waals surface area contributed by atoms with E-state index < -0.39 is 0 Å². The van der Waals surface area contributed by atoms with E-state index in [-0.39, 0.29) is 5.78 Å². The van der Waals surface area contributed by atoms with Crippen LogP contribution in [-0.2, 0) is 0 Å². The third-order valence-corrected chi connectivity index (χ3v) is 3.90. The minimum atomic E-state index is 0.0785. The molecule has 1 fully saturated rings. The molecule has 0 unspecified atom stereocenters. The third kappa shape index (κ3) is 2.26. The molecule has 2 aromatic carbocycles. The van der Waals surface area contributed by atoms with Crippen molar-refractivity contribution in [3.63, 3.8) is 0 Å². The van der Waals surface area contributed by atoms with Gasteiger partial charge in [0.2, 0.25) is 0 Å². The second kappa shape index (κ2) is 4.88. The highest BCUT2D eigenvalue weighted by Crippen LogP contribution is 2.38. The number of hydrogen-bond donors (Lipinski definition) is 1. The lowest BCUT2D eigenvalue weighted by atomic mass is 9.77. The van der Waals surface area contributed by atoms with Gasteiger partial charge in [-0.1, -0.05) is 42.8 Å². The van der Waals surface area contributed by atoms with Gasteiger partial charge in [0.05, 0.1) is 0 Å². The zero-order valence-corrected chi connectivity index (χ0v) is 10.8. The van der Waals surface area contributed by atoms with E-state index in [0.717, 1.165) is 5.56 Å². The summed E-state index contributed by atoms with van der Waals surface area (Å²) in [6.07, 6.45) is 3.66. The Morgan fingerprint density at radius 3 is 2.53 bits per heavy atom. The molecule has 2 nitrogen and oxygen atoms in total. The SMILES string of the molecule is Nc1cccc(C(=O)c2ccccc2C2CCC2)c1. The van der Waals surface area contributed by atoms with Crippen LogP contribution in [0.15, 0.2) is 48.5 Å². The van der Waals surface area contributed by atoms with Gasteiger partial charge in [-0.15, -0.1) is 0 Å². The molecule has 2 N–H and O–H groups in total. The van der Waals surface area contributed by atoms with Crippen molar-refractivity contribution in [3.05, 3.63) is 65.2 Å². The maximum atomic E-state index is 12.6. The van der Waals surface area contributed by atoms with Crippen molar-refractivity contribution in [1.82, 2.24) is 0 Å². The number of rotatable bonds is 3. The minimum Gasteiger partial charge on any atom is -0.399 e. The fourth-order valence-corrected chi connectivity index (χ4v) is 2.61. The molecule has 1 aliphatic rings. The normalized spacial score (nSPS) is 14.9. The van der Waals surface area contributed by atoms with E-state index in [9.17, 15) is 4.79 Å². The van der Waals surface area contributed by atoms with Crippen LogP contribution in [0.4, 0.5) is 5.69 Å². The summed E-state index contributed by atoms with van der Waals surface area (Å²) in [4.78, 5) is 12.6. The Morgan fingerprint density at radius 1 is 1.05 bits per heavy atom. The molecule has 0 atom stereocenters. The lowest BCUT2D eigenvalue weighted by molar-refractivity contribution is 0.103. The summed E-state index contributed by atoms with van der Waals surface area (Å²) in [6.45, 7) is 0.